The normalized spacial score (nSPS) is 10.4. The van der Waals surface area contributed by atoms with Crippen LogP contribution in [-0.2, 0) is 20.7 Å². The van der Waals surface area contributed by atoms with E-state index in [1.807, 2.05) is 38.1 Å². The molecule has 2 N–H and O–H groups in total. The third-order valence-electron chi connectivity index (χ3n) is 4.19. The third kappa shape index (κ3) is 5.65. The average Bonchev–Trinajstić information content (AvgIpc) is 2.87. The number of carbonyl (C=O) groups excluding carboxylic acids is 3. The Morgan fingerprint density at radius 1 is 1.11 bits per heavy atom. The van der Waals surface area contributed by atoms with Crippen LogP contribution in [0.25, 0.3) is 0 Å². The molecule has 0 saturated carbocycles. The highest BCUT2D eigenvalue weighted by atomic mass is 32.1. The number of hydrogen-bond donors (Lipinski definition) is 2. The van der Waals surface area contributed by atoms with E-state index in [0.717, 1.165) is 10.4 Å². The van der Waals surface area contributed by atoms with Crippen molar-refractivity contribution in [3.63, 3.8) is 0 Å². The molecular formula is C20H24N2O4S. The number of ether oxygens (including phenoxy) is 1. The topological polar surface area (TPSA) is 84.5 Å². The zero-order valence-corrected chi connectivity index (χ0v) is 16.8. The monoisotopic (exact) mass is 388 g/mol. The molecule has 0 fully saturated rings. The number of amides is 2. The Kier molecular flexibility index (Phi) is 7.12. The van der Waals surface area contributed by atoms with E-state index < -0.39 is 5.97 Å². The molecule has 1 aromatic carbocycles. The van der Waals surface area contributed by atoms with Crippen LogP contribution in [0.15, 0.2) is 24.3 Å². The minimum Gasteiger partial charge on any atom is -0.452 e. The van der Waals surface area contributed by atoms with Crippen molar-refractivity contribution in [3.8, 4) is 0 Å². The van der Waals surface area contributed by atoms with Gasteiger partial charge in [-0.3, -0.25) is 9.59 Å². The van der Waals surface area contributed by atoms with E-state index in [1.54, 1.807) is 6.92 Å². The van der Waals surface area contributed by atoms with Crippen molar-refractivity contribution in [2.45, 2.75) is 34.1 Å². The Balaban J connectivity index is 1.87. The summed E-state index contributed by atoms with van der Waals surface area (Å²) in [7, 11) is 0. The zero-order chi connectivity index (χ0) is 20.0. The number of anilines is 1. The molecule has 1 heterocycles. The van der Waals surface area contributed by atoms with Gasteiger partial charge >= 0.3 is 5.97 Å². The lowest BCUT2D eigenvalue weighted by molar-refractivity contribution is -0.124. The van der Waals surface area contributed by atoms with Gasteiger partial charge in [-0.2, -0.15) is 0 Å². The number of esters is 1. The fourth-order valence-corrected chi connectivity index (χ4v) is 3.70. The summed E-state index contributed by atoms with van der Waals surface area (Å²) in [4.78, 5) is 36.6. The predicted octanol–water partition coefficient (Wildman–Crippen LogP) is 3.15. The molecular weight excluding hydrogens is 364 g/mol. The van der Waals surface area contributed by atoms with Crippen LogP contribution in [0.4, 0.5) is 5.00 Å². The van der Waals surface area contributed by atoms with Crippen molar-refractivity contribution in [1.82, 2.24) is 5.32 Å². The van der Waals surface area contributed by atoms with Crippen molar-refractivity contribution < 1.29 is 19.1 Å². The van der Waals surface area contributed by atoms with Gasteiger partial charge in [0.25, 0.3) is 5.91 Å². The van der Waals surface area contributed by atoms with E-state index in [9.17, 15) is 14.4 Å². The van der Waals surface area contributed by atoms with Crippen molar-refractivity contribution >= 4 is 34.1 Å². The van der Waals surface area contributed by atoms with Crippen molar-refractivity contribution in [1.29, 1.82) is 0 Å². The second kappa shape index (κ2) is 9.32. The molecule has 0 aliphatic carbocycles. The molecule has 144 valence electrons. The number of rotatable bonds is 7. The van der Waals surface area contributed by atoms with Gasteiger partial charge in [-0.1, -0.05) is 24.3 Å². The maximum absolute atomic E-state index is 12.4. The Labute approximate surface area is 162 Å². The summed E-state index contributed by atoms with van der Waals surface area (Å²) in [6.07, 6.45) is 0.710. The van der Waals surface area contributed by atoms with Gasteiger partial charge in [0.05, 0.1) is 5.56 Å². The SMILES string of the molecule is CC(=O)Nc1sc(C)c(C)c1C(=O)OCC(=O)NCCc1ccccc1C. The summed E-state index contributed by atoms with van der Waals surface area (Å²) in [6.45, 7) is 7.16. The van der Waals surface area contributed by atoms with Gasteiger partial charge in [0, 0.05) is 18.3 Å². The number of benzene rings is 1. The summed E-state index contributed by atoms with van der Waals surface area (Å²) < 4.78 is 5.14. The fourth-order valence-electron chi connectivity index (χ4n) is 2.60. The van der Waals surface area contributed by atoms with E-state index >= 15 is 0 Å². The zero-order valence-electron chi connectivity index (χ0n) is 16.0. The van der Waals surface area contributed by atoms with Crippen LogP contribution in [0, 0.1) is 20.8 Å². The molecule has 2 rings (SSSR count). The number of thiophene rings is 1. The average molecular weight is 388 g/mol. The smallest absolute Gasteiger partial charge is 0.341 e. The molecule has 27 heavy (non-hydrogen) atoms. The molecule has 0 bridgehead atoms. The maximum Gasteiger partial charge on any atom is 0.341 e. The minimum absolute atomic E-state index is 0.265. The van der Waals surface area contributed by atoms with Crippen molar-refractivity contribution in [2.24, 2.45) is 0 Å². The summed E-state index contributed by atoms with van der Waals surface area (Å²) in [5.41, 5.74) is 3.39. The van der Waals surface area contributed by atoms with Gasteiger partial charge < -0.3 is 15.4 Å². The van der Waals surface area contributed by atoms with E-state index in [4.69, 9.17) is 4.74 Å². The first-order valence-electron chi connectivity index (χ1n) is 8.65. The molecule has 0 unspecified atom stereocenters. The Hall–Kier alpha value is -2.67. The van der Waals surface area contributed by atoms with Gasteiger partial charge in [0.1, 0.15) is 5.00 Å². The van der Waals surface area contributed by atoms with Gasteiger partial charge in [0.15, 0.2) is 6.61 Å². The van der Waals surface area contributed by atoms with Gasteiger partial charge in [-0.25, -0.2) is 4.79 Å². The van der Waals surface area contributed by atoms with Gasteiger partial charge in [-0.15, -0.1) is 11.3 Å². The lowest BCUT2D eigenvalue weighted by Gasteiger charge is -2.09. The lowest BCUT2D eigenvalue weighted by atomic mass is 10.1. The second-order valence-corrected chi connectivity index (χ2v) is 7.50. The van der Waals surface area contributed by atoms with Crippen LogP contribution in [0.3, 0.4) is 0 Å². The lowest BCUT2D eigenvalue weighted by Crippen LogP contribution is -2.30. The largest absolute Gasteiger partial charge is 0.452 e. The summed E-state index contributed by atoms with van der Waals surface area (Å²) in [5.74, 6) is -1.24. The van der Waals surface area contributed by atoms with Crippen LogP contribution in [0.2, 0.25) is 0 Å². The summed E-state index contributed by atoms with van der Waals surface area (Å²) in [6, 6.07) is 7.98. The van der Waals surface area contributed by atoms with E-state index in [0.29, 0.717) is 23.5 Å². The highest BCUT2D eigenvalue weighted by Crippen LogP contribution is 2.32. The molecule has 0 aliphatic heterocycles. The number of nitrogens with one attached hydrogen (secondary N) is 2. The Morgan fingerprint density at radius 3 is 2.48 bits per heavy atom. The first-order valence-corrected chi connectivity index (χ1v) is 9.47. The molecule has 6 nitrogen and oxygen atoms in total. The first kappa shape index (κ1) is 20.6. The molecule has 0 atom stereocenters. The molecule has 0 spiro atoms. The summed E-state index contributed by atoms with van der Waals surface area (Å²) in [5, 5.41) is 5.83. The highest BCUT2D eigenvalue weighted by molar-refractivity contribution is 7.16. The quantitative estimate of drug-likeness (QED) is 0.714. The van der Waals surface area contributed by atoms with Gasteiger partial charge in [-0.05, 0) is 43.9 Å². The third-order valence-corrected chi connectivity index (χ3v) is 5.31. The molecule has 1 aromatic heterocycles. The van der Waals surface area contributed by atoms with E-state index in [2.05, 4.69) is 10.6 Å². The van der Waals surface area contributed by atoms with Crippen LogP contribution < -0.4 is 10.6 Å². The highest BCUT2D eigenvalue weighted by Gasteiger charge is 2.22. The molecule has 0 aliphatic rings. The van der Waals surface area contributed by atoms with Crippen LogP contribution in [-0.4, -0.2) is 30.9 Å². The first-order chi connectivity index (χ1) is 12.8. The molecule has 7 heteroatoms. The second-order valence-electron chi connectivity index (χ2n) is 6.27. The van der Waals surface area contributed by atoms with Crippen molar-refractivity contribution in [2.75, 3.05) is 18.5 Å². The molecule has 0 radical (unpaired) electrons. The fraction of sp³-hybridized carbons (Fsp3) is 0.350. The standard InChI is InChI=1S/C20H24N2O4S/c1-12-7-5-6-8-16(12)9-10-21-17(24)11-26-20(25)18-13(2)14(3)27-19(18)22-15(4)23/h5-8H,9-11H2,1-4H3,(H,21,24)(H,22,23). The maximum atomic E-state index is 12.4. The molecule has 2 aromatic rings. The van der Waals surface area contributed by atoms with Crippen LogP contribution >= 0.6 is 11.3 Å². The van der Waals surface area contributed by atoms with Crippen molar-refractivity contribution in [3.05, 3.63) is 51.4 Å². The van der Waals surface area contributed by atoms with Gasteiger partial charge in [0.2, 0.25) is 5.91 Å². The number of aryl methyl sites for hydroxylation is 2. The van der Waals surface area contributed by atoms with E-state index in [-0.39, 0.29) is 18.4 Å². The van der Waals surface area contributed by atoms with Crippen LogP contribution in [0.5, 0.6) is 0 Å². The minimum atomic E-state index is -0.616. The number of hydrogen-bond acceptors (Lipinski definition) is 5. The molecule has 2 amide bonds. The molecule has 0 saturated heterocycles. The van der Waals surface area contributed by atoms with Crippen LogP contribution in [0.1, 0.15) is 38.8 Å². The Morgan fingerprint density at radius 2 is 1.81 bits per heavy atom. The van der Waals surface area contributed by atoms with E-state index in [1.165, 1.54) is 29.4 Å². The Bertz CT molecular complexity index is 858. The number of carbonyl (C=O) groups is 3. The summed E-state index contributed by atoms with van der Waals surface area (Å²) >= 11 is 1.31. The predicted molar refractivity (Wildman–Crippen MR) is 106 cm³/mol.